The smallest absolute Gasteiger partial charge is 0.294 e. The van der Waals surface area contributed by atoms with Gasteiger partial charge >= 0.3 is 4.45 Å². The van der Waals surface area contributed by atoms with E-state index < -0.39 is 10.4 Å². The van der Waals surface area contributed by atoms with Crippen LogP contribution in [0.4, 0.5) is 0 Å². The largest absolute Gasteiger partial charge is 0.306 e. The van der Waals surface area contributed by atoms with E-state index >= 15 is 0 Å². The van der Waals surface area contributed by atoms with E-state index in [0.717, 1.165) is 5.56 Å². The first-order chi connectivity index (χ1) is 13.0. The first-order valence-electron chi connectivity index (χ1n) is 8.55. The lowest BCUT2D eigenvalue weighted by atomic mass is 9.82. The molecule has 0 heterocycles. The average molecular weight is 424 g/mol. The minimum atomic E-state index is -1.61. The predicted octanol–water partition coefficient (Wildman–Crippen LogP) is 5.57. The molecular weight excluding hydrogens is 406 g/mol. The highest BCUT2D eigenvalue weighted by molar-refractivity contribution is 9.09. The number of halogens is 1. The number of nitrogens with zero attached hydrogens (tertiary/aromatic N) is 1. The zero-order valence-electron chi connectivity index (χ0n) is 14.5. The van der Waals surface area contributed by atoms with Gasteiger partial charge in [0.25, 0.3) is 0 Å². The summed E-state index contributed by atoms with van der Waals surface area (Å²) < 4.78 is -1.61. The van der Waals surface area contributed by atoms with Crippen molar-refractivity contribution in [2.75, 3.05) is 0 Å². The van der Waals surface area contributed by atoms with Gasteiger partial charge in [-0.15, -0.1) is 0 Å². The molecule has 0 fully saturated rings. The van der Waals surface area contributed by atoms with Crippen LogP contribution in [0.25, 0.3) is 0 Å². The number of carbonyl (C=O) groups is 1. The predicted molar refractivity (Wildman–Crippen MR) is 109 cm³/mol. The number of benzene rings is 3. The van der Waals surface area contributed by atoms with Gasteiger partial charge in [0.2, 0.25) is 0 Å². The Balaban J connectivity index is 2.09. The molecule has 3 aromatic carbocycles. The fraction of sp³-hybridized carbons (Fsp3) is 0.136. The zero-order chi connectivity index (χ0) is 19.3. The van der Waals surface area contributed by atoms with Gasteiger partial charge in [-0.05, 0) is 5.56 Å². The van der Waals surface area contributed by atoms with Crippen molar-refractivity contribution in [1.29, 1.82) is 0 Å². The fourth-order valence-electron chi connectivity index (χ4n) is 3.19. The van der Waals surface area contributed by atoms with Gasteiger partial charge in [0, 0.05) is 38.4 Å². The normalized spacial score (nSPS) is 14.1. The summed E-state index contributed by atoms with van der Waals surface area (Å²) in [7, 11) is 0. The summed E-state index contributed by atoms with van der Waals surface area (Å²) in [5.41, 5.74) is 1.79. The molecule has 0 bridgehead atoms. The zero-order valence-corrected chi connectivity index (χ0v) is 16.1. The van der Waals surface area contributed by atoms with E-state index in [0.29, 0.717) is 11.1 Å². The molecule has 3 aromatic rings. The van der Waals surface area contributed by atoms with E-state index in [1.807, 2.05) is 42.5 Å². The van der Waals surface area contributed by atoms with Gasteiger partial charge in [0.15, 0.2) is 5.78 Å². The Morgan fingerprint density at radius 1 is 0.889 bits per heavy atom. The van der Waals surface area contributed by atoms with E-state index in [4.69, 9.17) is 0 Å². The summed E-state index contributed by atoms with van der Waals surface area (Å²) in [6, 6.07) is 26.8. The highest BCUT2D eigenvalue weighted by atomic mass is 79.9. The van der Waals surface area contributed by atoms with E-state index in [1.54, 1.807) is 48.5 Å². The lowest BCUT2D eigenvalue weighted by Gasteiger charge is -2.29. The van der Waals surface area contributed by atoms with Gasteiger partial charge < -0.3 is 0 Å². The van der Waals surface area contributed by atoms with Crippen molar-refractivity contribution < 1.29 is 9.72 Å². The van der Waals surface area contributed by atoms with Crippen LogP contribution in [0.15, 0.2) is 91.0 Å². The van der Waals surface area contributed by atoms with Crippen molar-refractivity contribution in [3.05, 3.63) is 118 Å². The van der Waals surface area contributed by atoms with Crippen LogP contribution in [0.1, 0.15) is 33.8 Å². The Morgan fingerprint density at radius 2 is 1.37 bits per heavy atom. The molecular formula is C22H18BrNO3. The Hall–Kier alpha value is -2.79. The van der Waals surface area contributed by atoms with E-state index in [9.17, 15) is 14.9 Å². The lowest BCUT2D eigenvalue weighted by molar-refractivity contribution is -0.548. The number of nitro groups is 1. The highest BCUT2D eigenvalue weighted by Crippen LogP contribution is 2.47. The van der Waals surface area contributed by atoms with Gasteiger partial charge in [-0.1, -0.05) is 91.0 Å². The van der Waals surface area contributed by atoms with E-state index in [-0.39, 0.29) is 17.1 Å². The SMILES string of the molecule is O=C(C[C@H](c1ccccc1)[C@@](Br)(c1ccccc1)[N+](=O)[O-])c1ccccc1. The van der Waals surface area contributed by atoms with Crippen molar-refractivity contribution in [1.82, 2.24) is 0 Å². The average Bonchev–Trinajstić information content (AvgIpc) is 2.73. The summed E-state index contributed by atoms with van der Waals surface area (Å²) >= 11 is 3.41. The van der Waals surface area contributed by atoms with Crippen LogP contribution in [0.3, 0.4) is 0 Å². The van der Waals surface area contributed by atoms with Crippen LogP contribution in [-0.2, 0) is 4.45 Å². The quantitative estimate of drug-likeness (QED) is 0.164. The standard InChI is InChI=1S/C22H18BrNO3/c23-22(24(26)27,19-14-8-3-9-15-19)20(17-10-4-1-5-11-17)16-21(25)18-12-6-2-7-13-18/h1-15,20H,16H2/t20-,22-/m1/s1. The number of ketones is 1. The molecule has 0 aliphatic heterocycles. The van der Waals surface area contributed by atoms with Gasteiger partial charge in [-0.25, -0.2) is 0 Å². The van der Waals surface area contributed by atoms with Crippen molar-refractivity contribution in [2.45, 2.75) is 16.8 Å². The van der Waals surface area contributed by atoms with Gasteiger partial charge in [-0.3, -0.25) is 14.9 Å². The first-order valence-corrected chi connectivity index (χ1v) is 9.35. The van der Waals surface area contributed by atoms with Crippen LogP contribution in [0.2, 0.25) is 0 Å². The molecule has 0 radical (unpaired) electrons. The third-order valence-corrected chi connectivity index (χ3v) is 5.89. The molecule has 2 atom stereocenters. The van der Waals surface area contributed by atoms with Crippen LogP contribution in [0.5, 0.6) is 0 Å². The number of Topliss-reactive ketones (excluding diaryl/α,β-unsaturated/α-hetero) is 1. The maximum Gasteiger partial charge on any atom is 0.306 e. The number of rotatable bonds is 7. The minimum absolute atomic E-state index is 0.00908. The number of hydrogen-bond donors (Lipinski definition) is 0. The third-order valence-electron chi connectivity index (χ3n) is 4.59. The monoisotopic (exact) mass is 423 g/mol. The van der Waals surface area contributed by atoms with Crippen LogP contribution >= 0.6 is 15.9 Å². The molecule has 0 N–H and O–H groups in total. The molecule has 0 saturated heterocycles. The van der Waals surface area contributed by atoms with Crippen LogP contribution in [-0.4, -0.2) is 10.7 Å². The van der Waals surface area contributed by atoms with Crippen molar-refractivity contribution in [3.8, 4) is 0 Å². The molecule has 0 aliphatic carbocycles. The highest BCUT2D eigenvalue weighted by Gasteiger charge is 2.51. The molecule has 0 aromatic heterocycles. The summed E-state index contributed by atoms with van der Waals surface area (Å²) in [4.78, 5) is 24.7. The van der Waals surface area contributed by atoms with E-state index in [1.165, 1.54) is 0 Å². The summed E-state index contributed by atoms with van der Waals surface area (Å²) in [5, 5.41) is 12.2. The Kier molecular flexibility index (Phi) is 5.81. The maximum atomic E-state index is 12.9. The van der Waals surface area contributed by atoms with Crippen molar-refractivity contribution >= 4 is 21.7 Å². The first kappa shape index (κ1) is 19.0. The van der Waals surface area contributed by atoms with Gasteiger partial charge in [-0.2, -0.15) is 0 Å². The van der Waals surface area contributed by atoms with Crippen molar-refractivity contribution in [3.63, 3.8) is 0 Å². The Morgan fingerprint density at radius 3 is 1.89 bits per heavy atom. The van der Waals surface area contributed by atoms with Crippen LogP contribution in [0, 0.1) is 10.1 Å². The summed E-state index contributed by atoms with van der Waals surface area (Å²) in [6.45, 7) is 0. The topological polar surface area (TPSA) is 60.2 Å². The minimum Gasteiger partial charge on any atom is -0.294 e. The molecule has 0 amide bonds. The fourth-order valence-corrected chi connectivity index (χ4v) is 3.88. The molecule has 0 aliphatic rings. The van der Waals surface area contributed by atoms with Gasteiger partial charge in [0.05, 0.1) is 5.92 Å². The number of carbonyl (C=O) groups excluding carboxylic acids is 1. The lowest BCUT2D eigenvalue weighted by Crippen LogP contribution is -2.37. The number of alkyl halides is 1. The molecule has 0 saturated carbocycles. The summed E-state index contributed by atoms with van der Waals surface area (Å²) in [6.07, 6.45) is 0.00908. The summed E-state index contributed by atoms with van der Waals surface area (Å²) in [5.74, 6) is -0.810. The second-order valence-corrected chi connectivity index (χ2v) is 7.46. The molecule has 3 rings (SSSR count). The molecule has 0 unspecified atom stereocenters. The third kappa shape index (κ3) is 3.98. The molecule has 27 heavy (non-hydrogen) atoms. The van der Waals surface area contributed by atoms with Gasteiger partial charge in [0.1, 0.15) is 0 Å². The molecule has 136 valence electrons. The second-order valence-electron chi connectivity index (χ2n) is 6.25. The molecule has 0 spiro atoms. The number of hydrogen-bond acceptors (Lipinski definition) is 3. The van der Waals surface area contributed by atoms with E-state index in [2.05, 4.69) is 15.9 Å². The Bertz CT molecular complexity index is 916. The second kappa shape index (κ2) is 8.27. The molecule has 5 heteroatoms. The Labute approximate surface area is 166 Å². The maximum absolute atomic E-state index is 12.9. The molecule has 4 nitrogen and oxygen atoms in total. The van der Waals surface area contributed by atoms with Crippen molar-refractivity contribution in [2.24, 2.45) is 0 Å². The van der Waals surface area contributed by atoms with Crippen LogP contribution < -0.4 is 0 Å².